The van der Waals surface area contributed by atoms with Crippen molar-refractivity contribution in [2.45, 2.75) is 39.0 Å². The van der Waals surface area contributed by atoms with Crippen LogP contribution < -0.4 is 5.32 Å². The minimum atomic E-state index is 0.213. The molecule has 2 rings (SSSR count). The molecule has 1 amide bonds. The van der Waals surface area contributed by atoms with E-state index < -0.39 is 0 Å². The summed E-state index contributed by atoms with van der Waals surface area (Å²) in [6.07, 6.45) is 6.40. The summed E-state index contributed by atoms with van der Waals surface area (Å²) < 4.78 is 0. The van der Waals surface area contributed by atoms with Crippen molar-refractivity contribution in [3.05, 3.63) is 0 Å². The maximum Gasteiger partial charge on any atom is 0.226 e. The molecule has 1 aliphatic heterocycles. The Labute approximate surface area is 105 Å². The van der Waals surface area contributed by atoms with Crippen molar-refractivity contribution in [1.29, 1.82) is 0 Å². The summed E-state index contributed by atoms with van der Waals surface area (Å²) >= 11 is 0. The first kappa shape index (κ1) is 12.9. The van der Waals surface area contributed by atoms with Crippen LogP contribution in [0.2, 0.25) is 0 Å². The minimum Gasteiger partial charge on any atom is -0.345 e. The van der Waals surface area contributed by atoms with Gasteiger partial charge in [-0.25, -0.2) is 0 Å². The Morgan fingerprint density at radius 2 is 2.00 bits per heavy atom. The molecule has 2 atom stereocenters. The lowest BCUT2D eigenvalue weighted by atomic mass is 9.90. The van der Waals surface area contributed by atoms with Crippen molar-refractivity contribution in [1.82, 2.24) is 10.2 Å². The molecule has 98 valence electrons. The average Bonchev–Trinajstić information content (AvgIpc) is 2.80. The highest BCUT2D eigenvalue weighted by Gasteiger charge is 2.28. The molecule has 0 spiro atoms. The molecule has 1 N–H and O–H groups in total. The van der Waals surface area contributed by atoms with Gasteiger partial charge in [0, 0.05) is 20.1 Å². The summed E-state index contributed by atoms with van der Waals surface area (Å²) in [7, 11) is 1.99. The fraction of sp³-hybridized carbons (Fsp3) is 0.929. The third-order valence-corrected chi connectivity index (χ3v) is 4.30. The number of carbonyl (C=O) groups is 1. The van der Waals surface area contributed by atoms with Crippen LogP contribution in [-0.2, 0) is 4.79 Å². The fourth-order valence-electron chi connectivity index (χ4n) is 3.33. The van der Waals surface area contributed by atoms with Crippen LogP contribution in [0.4, 0.5) is 0 Å². The number of nitrogens with one attached hydrogen (secondary N) is 1. The standard InChI is InChI=1S/C14H26N2O/c1-11-7-13(9-15-8-11)14(17)16(2)10-12-5-3-4-6-12/h11-13,15H,3-10H2,1-2H3. The van der Waals surface area contributed by atoms with Crippen molar-refractivity contribution < 1.29 is 4.79 Å². The monoisotopic (exact) mass is 238 g/mol. The normalized spacial score (nSPS) is 30.5. The van der Waals surface area contributed by atoms with Gasteiger partial charge in [0.05, 0.1) is 5.92 Å². The van der Waals surface area contributed by atoms with Gasteiger partial charge < -0.3 is 10.2 Å². The second-order valence-electron chi connectivity index (χ2n) is 6.07. The number of hydrogen-bond acceptors (Lipinski definition) is 2. The predicted octanol–water partition coefficient (Wildman–Crippen LogP) is 1.88. The zero-order valence-electron chi connectivity index (χ0n) is 11.2. The topological polar surface area (TPSA) is 32.3 Å². The average molecular weight is 238 g/mol. The SMILES string of the molecule is CC1CNCC(C(=O)N(C)CC2CCCC2)C1. The van der Waals surface area contributed by atoms with Crippen LogP contribution in [0.1, 0.15) is 39.0 Å². The quantitative estimate of drug-likeness (QED) is 0.814. The summed E-state index contributed by atoms with van der Waals surface area (Å²) in [5.74, 6) is 1.97. The van der Waals surface area contributed by atoms with Crippen LogP contribution in [0, 0.1) is 17.8 Å². The fourth-order valence-corrected chi connectivity index (χ4v) is 3.33. The van der Waals surface area contributed by atoms with Gasteiger partial charge in [-0.3, -0.25) is 4.79 Å². The van der Waals surface area contributed by atoms with E-state index in [1.54, 1.807) is 0 Å². The van der Waals surface area contributed by atoms with Crippen LogP contribution in [0.3, 0.4) is 0 Å². The molecule has 1 saturated carbocycles. The smallest absolute Gasteiger partial charge is 0.226 e. The number of nitrogens with zero attached hydrogens (tertiary/aromatic N) is 1. The van der Waals surface area contributed by atoms with Gasteiger partial charge in [-0.1, -0.05) is 19.8 Å². The summed E-state index contributed by atoms with van der Waals surface area (Å²) in [5, 5.41) is 3.37. The Balaban J connectivity index is 1.81. The lowest BCUT2D eigenvalue weighted by Crippen LogP contribution is -2.45. The van der Waals surface area contributed by atoms with Gasteiger partial charge in [0.1, 0.15) is 0 Å². The summed E-state index contributed by atoms with van der Waals surface area (Å²) in [5.41, 5.74) is 0. The van der Waals surface area contributed by atoms with Gasteiger partial charge in [0.25, 0.3) is 0 Å². The highest BCUT2D eigenvalue weighted by Crippen LogP contribution is 2.26. The molecule has 1 saturated heterocycles. The summed E-state index contributed by atoms with van der Waals surface area (Å²) in [6, 6.07) is 0. The first-order valence-corrected chi connectivity index (χ1v) is 7.12. The van der Waals surface area contributed by atoms with E-state index in [2.05, 4.69) is 12.2 Å². The van der Waals surface area contributed by atoms with Crippen molar-refractivity contribution in [3.8, 4) is 0 Å². The number of piperidine rings is 1. The largest absolute Gasteiger partial charge is 0.345 e. The first-order chi connectivity index (χ1) is 8.16. The highest BCUT2D eigenvalue weighted by atomic mass is 16.2. The van der Waals surface area contributed by atoms with Crippen LogP contribution in [0.25, 0.3) is 0 Å². The second-order valence-corrected chi connectivity index (χ2v) is 6.07. The zero-order valence-corrected chi connectivity index (χ0v) is 11.2. The van der Waals surface area contributed by atoms with Crippen molar-refractivity contribution in [3.63, 3.8) is 0 Å². The van der Waals surface area contributed by atoms with E-state index >= 15 is 0 Å². The molecular weight excluding hydrogens is 212 g/mol. The Kier molecular flexibility index (Phi) is 4.43. The number of rotatable bonds is 3. The van der Waals surface area contributed by atoms with Gasteiger partial charge in [-0.15, -0.1) is 0 Å². The molecule has 1 heterocycles. The Hall–Kier alpha value is -0.570. The molecule has 2 unspecified atom stereocenters. The molecule has 0 aromatic heterocycles. The van der Waals surface area contributed by atoms with E-state index in [0.717, 1.165) is 32.0 Å². The Morgan fingerprint density at radius 1 is 1.29 bits per heavy atom. The van der Waals surface area contributed by atoms with Gasteiger partial charge in [-0.05, 0) is 37.6 Å². The molecule has 1 aliphatic carbocycles. The van der Waals surface area contributed by atoms with Crippen molar-refractivity contribution in [2.24, 2.45) is 17.8 Å². The van der Waals surface area contributed by atoms with Crippen LogP contribution in [0.15, 0.2) is 0 Å². The number of carbonyl (C=O) groups excluding carboxylic acids is 1. The van der Waals surface area contributed by atoms with Gasteiger partial charge in [-0.2, -0.15) is 0 Å². The number of amides is 1. The molecule has 0 aromatic rings. The molecule has 0 aromatic carbocycles. The predicted molar refractivity (Wildman–Crippen MR) is 69.7 cm³/mol. The lowest BCUT2D eigenvalue weighted by Gasteiger charge is -2.31. The van der Waals surface area contributed by atoms with E-state index in [-0.39, 0.29) is 5.92 Å². The maximum absolute atomic E-state index is 12.3. The van der Waals surface area contributed by atoms with Crippen LogP contribution in [-0.4, -0.2) is 37.5 Å². The third kappa shape index (κ3) is 3.44. The van der Waals surface area contributed by atoms with E-state index in [1.807, 2.05) is 11.9 Å². The van der Waals surface area contributed by atoms with E-state index in [9.17, 15) is 4.79 Å². The van der Waals surface area contributed by atoms with Crippen LogP contribution >= 0.6 is 0 Å². The van der Waals surface area contributed by atoms with E-state index in [0.29, 0.717) is 11.8 Å². The molecule has 0 radical (unpaired) electrons. The molecular formula is C14H26N2O. The van der Waals surface area contributed by atoms with Gasteiger partial charge in [0.15, 0.2) is 0 Å². The molecule has 17 heavy (non-hydrogen) atoms. The van der Waals surface area contributed by atoms with Crippen molar-refractivity contribution in [2.75, 3.05) is 26.7 Å². The highest BCUT2D eigenvalue weighted by molar-refractivity contribution is 5.79. The van der Waals surface area contributed by atoms with Gasteiger partial charge in [0.2, 0.25) is 5.91 Å². The Bertz CT molecular complexity index is 261. The molecule has 0 bridgehead atoms. The lowest BCUT2D eigenvalue weighted by molar-refractivity contribution is -0.135. The zero-order chi connectivity index (χ0) is 12.3. The first-order valence-electron chi connectivity index (χ1n) is 7.12. The van der Waals surface area contributed by atoms with Crippen LogP contribution in [0.5, 0.6) is 0 Å². The van der Waals surface area contributed by atoms with E-state index in [1.165, 1.54) is 25.7 Å². The van der Waals surface area contributed by atoms with E-state index in [4.69, 9.17) is 0 Å². The minimum absolute atomic E-state index is 0.213. The van der Waals surface area contributed by atoms with Crippen molar-refractivity contribution >= 4 is 5.91 Å². The molecule has 2 aliphatic rings. The Morgan fingerprint density at radius 3 is 2.65 bits per heavy atom. The number of hydrogen-bond donors (Lipinski definition) is 1. The molecule has 3 heteroatoms. The molecule has 3 nitrogen and oxygen atoms in total. The summed E-state index contributed by atoms with van der Waals surface area (Å²) in [4.78, 5) is 14.3. The second kappa shape index (κ2) is 5.85. The third-order valence-electron chi connectivity index (χ3n) is 4.30. The maximum atomic E-state index is 12.3. The molecule has 2 fully saturated rings. The van der Waals surface area contributed by atoms with Gasteiger partial charge >= 0.3 is 0 Å². The summed E-state index contributed by atoms with van der Waals surface area (Å²) in [6.45, 7) is 5.14.